The van der Waals surface area contributed by atoms with E-state index in [1.54, 1.807) is 31.2 Å². The van der Waals surface area contributed by atoms with Crippen LogP contribution in [0.2, 0.25) is 0 Å². The van der Waals surface area contributed by atoms with E-state index < -0.39 is 16.1 Å². The Labute approximate surface area is 144 Å². The standard InChI is InChI=1S/C17H26N2O4S/c1-13-6-5-11-19(12-13)17(20)14(2)23-16-9-7-15(8-10-16)18(3)24(4,21)22/h7-10,13-14H,5-6,11-12H2,1-4H3/t13-,14-/m1/s1. The fraction of sp³-hybridized carbons (Fsp3) is 0.588. The van der Waals surface area contributed by atoms with Crippen molar-refractivity contribution in [2.45, 2.75) is 32.8 Å². The maximum absolute atomic E-state index is 12.5. The summed E-state index contributed by atoms with van der Waals surface area (Å²) in [5.74, 6) is 1.08. The predicted octanol–water partition coefficient (Wildman–Crippen LogP) is 2.11. The van der Waals surface area contributed by atoms with Crippen LogP contribution in [-0.2, 0) is 14.8 Å². The Bertz CT molecular complexity index is 672. The number of anilines is 1. The molecule has 0 aliphatic carbocycles. The van der Waals surface area contributed by atoms with E-state index >= 15 is 0 Å². The van der Waals surface area contributed by atoms with E-state index in [0.29, 0.717) is 17.4 Å². The van der Waals surface area contributed by atoms with Gasteiger partial charge in [0.05, 0.1) is 11.9 Å². The van der Waals surface area contributed by atoms with Crippen molar-refractivity contribution in [3.05, 3.63) is 24.3 Å². The van der Waals surface area contributed by atoms with Crippen molar-refractivity contribution in [3.8, 4) is 5.75 Å². The molecule has 0 spiro atoms. The van der Waals surface area contributed by atoms with Crippen molar-refractivity contribution in [2.24, 2.45) is 5.92 Å². The van der Waals surface area contributed by atoms with Gasteiger partial charge in [-0.1, -0.05) is 6.92 Å². The minimum absolute atomic E-state index is 0.00104. The van der Waals surface area contributed by atoms with Crippen LogP contribution < -0.4 is 9.04 Å². The van der Waals surface area contributed by atoms with Crippen LogP contribution in [0.3, 0.4) is 0 Å². The number of sulfonamides is 1. The molecular weight excluding hydrogens is 328 g/mol. The molecular formula is C17H26N2O4S. The van der Waals surface area contributed by atoms with Crippen LogP contribution in [0, 0.1) is 5.92 Å². The molecule has 1 fully saturated rings. The number of hydrogen-bond donors (Lipinski definition) is 0. The Kier molecular flexibility index (Phi) is 5.74. The second-order valence-electron chi connectivity index (χ2n) is 6.52. The lowest BCUT2D eigenvalue weighted by atomic mass is 10.00. The largest absolute Gasteiger partial charge is 0.481 e. The number of ether oxygens (including phenoxy) is 1. The minimum atomic E-state index is -3.29. The molecule has 0 bridgehead atoms. The molecule has 2 atom stereocenters. The van der Waals surface area contributed by atoms with Crippen molar-refractivity contribution in [3.63, 3.8) is 0 Å². The van der Waals surface area contributed by atoms with Crippen molar-refractivity contribution >= 4 is 21.6 Å². The summed E-state index contributed by atoms with van der Waals surface area (Å²) in [7, 11) is -1.80. The first-order valence-electron chi connectivity index (χ1n) is 8.18. The third-order valence-electron chi connectivity index (χ3n) is 4.33. The maximum Gasteiger partial charge on any atom is 0.263 e. The van der Waals surface area contributed by atoms with Crippen LogP contribution in [0.4, 0.5) is 5.69 Å². The average molecular weight is 354 g/mol. The summed E-state index contributed by atoms with van der Waals surface area (Å²) >= 11 is 0. The molecule has 1 amide bonds. The van der Waals surface area contributed by atoms with Crippen molar-refractivity contribution in [1.82, 2.24) is 4.90 Å². The van der Waals surface area contributed by atoms with Crippen LogP contribution in [0.5, 0.6) is 5.75 Å². The Morgan fingerprint density at radius 1 is 1.33 bits per heavy atom. The first-order chi connectivity index (χ1) is 11.2. The number of rotatable bonds is 5. The monoisotopic (exact) mass is 354 g/mol. The van der Waals surface area contributed by atoms with Crippen LogP contribution in [-0.4, -0.2) is 51.7 Å². The van der Waals surface area contributed by atoms with Gasteiger partial charge in [-0.3, -0.25) is 9.10 Å². The first-order valence-corrected chi connectivity index (χ1v) is 10.0. The van der Waals surface area contributed by atoms with E-state index in [2.05, 4.69) is 6.92 Å². The molecule has 1 aliphatic rings. The lowest BCUT2D eigenvalue weighted by molar-refractivity contribution is -0.139. The lowest BCUT2D eigenvalue weighted by Gasteiger charge is -2.32. The van der Waals surface area contributed by atoms with Crippen molar-refractivity contribution in [2.75, 3.05) is 30.7 Å². The molecule has 1 saturated heterocycles. The minimum Gasteiger partial charge on any atom is -0.481 e. The second-order valence-corrected chi connectivity index (χ2v) is 8.53. The van der Waals surface area contributed by atoms with E-state index in [4.69, 9.17) is 4.74 Å². The highest BCUT2D eigenvalue weighted by molar-refractivity contribution is 7.92. The van der Waals surface area contributed by atoms with Gasteiger partial charge >= 0.3 is 0 Å². The van der Waals surface area contributed by atoms with Gasteiger partial charge in [-0.25, -0.2) is 8.42 Å². The molecule has 6 nitrogen and oxygen atoms in total. The quantitative estimate of drug-likeness (QED) is 0.812. The Hall–Kier alpha value is -1.76. The SMILES string of the molecule is C[C@@H]1CCCN(C(=O)[C@@H](C)Oc2ccc(N(C)S(C)(=O)=O)cc2)C1. The van der Waals surface area contributed by atoms with Gasteiger partial charge in [0.1, 0.15) is 5.75 Å². The van der Waals surface area contributed by atoms with Gasteiger partial charge < -0.3 is 9.64 Å². The van der Waals surface area contributed by atoms with Gasteiger partial charge in [0.2, 0.25) is 10.0 Å². The zero-order chi connectivity index (χ0) is 17.9. The predicted molar refractivity (Wildman–Crippen MR) is 94.8 cm³/mol. The number of nitrogens with zero attached hydrogens (tertiary/aromatic N) is 2. The summed E-state index contributed by atoms with van der Waals surface area (Å²) in [5.41, 5.74) is 0.550. The van der Waals surface area contributed by atoms with Gasteiger partial charge in [0, 0.05) is 20.1 Å². The van der Waals surface area contributed by atoms with Crippen molar-refractivity contribution in [1.29, 1.82) is 0 Å². The molecule has 24 heavy (non-hydrogen) atoms. The molecule has 1 aliphatic heterocycles. The summed E-state index contributed by atoms with van der Waals surface area (Å²) in [5, 5.41) is 0. The van der Waals surface area contributed by atoms with Crippen LogP contribution >= 0.6 is 0 Å². The summed E-state index contributed by atoms with van der Waals surface area (Å²) < 4.78 is 30.0. The van der Waals surface area contributed by atoms with Gasteiger partial charge in [-0.15, -0.1) is 0 Å². The number of amides is 1. The Morgan fingerprint density at radius 3 is 2.50 bits per heavy atom. The lowest BCUT2D eigenvalue weighted by Crippen LogP contribution is -2.45. The number of hydrogen-bond acceptors (Lipinski definition) is 4. The number of carbonyl (C=O) groups is 1. The first kappa shape index (κ1) is 18.6. The molecule has 134 valence electrons. The highest BCUT2D eigenvalue weighted by Gasteiger charge is 2.26. The summed E-state index contributed by atoms with van der Waals surface area (Å²) in [6.45, 7) is 5.47. The zero-order valence-corrected chi connectivity index (χ0v) is 15.5. The molecule has 1 aromatic rings. The fourth-order valence-electron chi connectivity index (χ4n) is 2.83. The highest BCUT2D eigenvalue weighted by atomic mass is 32.2. The number of benzene rings is 1. The van der Waals surface area contributed by atoms with Gasteiger partial charge in [-0.05, 0) is 49.9 Å². The Balaban J connectivity index is 1.99. The molecule has 0 aromatic heterocycles. The van der Waals surface area contributed by atoms with E-state index in [1.807, 2.05) is 4.90 Å². The molecule has 2 rings (SSSR count). The highest BCUT2D eigenvalue weighted by Crippen LogP contribution is 2.22. The number of carbonyl (C=O) groups excluding carboxylic acids is 1. The third-order valence-corrected chi connectivity index (χ3v) is 5.53. The van der Waals surface area contributed by atoms with E-state index in [-0.39, 0.29) is 5.91 Å². The van der Waals surface area contributed by atoms with Crippen LogP contribution in [0.1, 0.15) is 26.7 Å². The molecule has 0 N–H and O–H groups in total. The smallest absolute Gasteiger partial charge is 0.263 e. The Morgan fingerprint density at radius 2 is 1.96 bits per heavy atom. The average Bonchev–Trinajstić information content (AvgIpc) is 2.53. The van der Waals surface area contributed by atoms with Crippen molar-refractivity contribution < 1.29 is 17.9 Å². The number of piperidine rings is 1. The van der Waals surface area contributed by atoms with E-state index in [1.165, 1.54) is 11.4 Å². The second kappa shape index (κ2) is 7.42. The molecule has 7 heteroatoms. The number of likely N-dealkylation sites (tertiary alicyclic amines) is 1. The summed E-state index contributed by atoms with van der Waals surface area (Å²) in [6, 6.07) is 6.69. The summed E-state index contributed by atoms with van der Waals surface area (Å²) in [6.07, 6.45) is 2.78. The van der Waals surface area contributed by atoms with Crippen LogP contribution in [0.15, 0.2) is 24.3 Å². The fourth-order valence-corrected chi connectivity index (χ4v) is 3.33. The molecule has 0 radical (unpaired) electrons. The van der Waals surface area contributed by atoms with Gasteiger partial charge in [0.15, 0.2) is 6.10 Å². The van der Waals surface area contributed by atoms with Crippen LogP contribution in [0.25, 0.3) is 0 Å². The normalized spacial score (nSPS) is 19.7. The molecule has 1 heterocycles. The van der Waals surface area contributed by atoms with E-state index in [0.717, 1.165) is 32.2 Å². The zero-order valence-electron chi connectivity index (χ0n) is 14.7. The molecule has 0 unspecified atom stereocenters. The third kappa shape index (κ3) is 4.63. The topological polar surface area (TPSA) is 66.9 Å². The van der Waals surface area contributed by atoms with E-state index in [9.17, 15) is 13.2 Å². The van der Waals surface area contributed by atoms with Gasteiger partial charge in [0.25, 0.3) is 5.91 Å². The molecule has 0 saturated carbocycles. The van der Waals surface area contributed by atoms with Gasteiger partial charge in [-0.2, -0.15) is 0 Å². The molecule has 1 aromatic carbocycles. The summed E-state index contributed by atoms with van der Waals surface area (Å²) in [4.78, 5) is 14.3. The maximum atomic E-state index is 12.5.